The monoisotopic (exact) mass is 503 g/mol. The molecule has 0 aromatic heterocycles. The van der Waals surface area contributed by atoms with E-state index < -0.39 is 17.7 Å². The molecule has 0 amide bonds. The van der Waals surface area contributed by atoms with Crippen LogP contribution in [0.4, 0.5) is 13.2 Å². The maximum Gasteiger partial charge on any atom is 0.416 e. The molecule has 9 heteroatoms. The maximum atomic E-state index is 13.6. The molecule has 192 valence electrons. The molecule has 0 atom stereocenters. The molecule has 4 rings (SSSR count). The van der Waals surface area contributed by atoms with Gasteiger partial charge in [-0.25, -0.2) is 4.79 Å². The van der Waals surface area contributed by atoms with Gasteiger partial charge in [0.05, 0.1) is 11.7 Å². The second kappa shape index (κ2) is 10.7. The van der Waals surface area contributed by atoms with E-state index in [1.165, 1.54) is 12.1 Å². The molecular weight excluding hydrogens is 475 g/mol. The number of carboxylic acids is 1. The Morgan fingerprint density at radius 1 is 1.17 bits per heavy atom. The van der Waals surface area contributed by atoms with Crippen LogP contribution in [0.1, 0.15) is 37.0 Å². The van der Waals surface area contributed by atoms with E-state index in [4.69, 9.17) is 19.3 Å². The Hall–Kier alpha value is -3.46. The molecule has 2 heterocycles. The number of benzene rings is 2. The minimum atomic E-state index is -4.53. The first-order chi connectivity index (χ1) is 17.1. The van der Waals surface area contributed by atoms with Crippen LogP contribution < -0.4 is 14.2 Å². The number of halogens is 3. The molecule has 2 aromatic carbocycles. The largest absolute Gasteiger partial charge is 0.491 e. The predicted molar refractivity (Wildman–Crippen MR) is 128 cm³/mol. The molecule has 1 N–H and O–H groups in total. The first-order valence-electron chi connectivity index (χ1n) is 11.7. The highest BCUT2D eigenvalue weighted by Crippen LogP contribution is 2.36. The topological polar surface area (TPSA) is 68.2 Å². The van der Waals surface area contributed by atoms with Crippen molar-refractivity contribution in [1.82, 2.24) is 4.90 Å². The standard InChI is InChI=1S/C27H28F3NO5/c1-17(2)36-23-6-4-21(24(12-23)27(28,29)30)16-34-22-5-3-20-11-18(15-35-25(20)13-22)14-31-9-7-19(8-10-31)26(32)33/h3-7,11-13,17H,8-10,14-16H2,1-2H3,(H,32,33). The van der Waals surface area contributed by atoms with Crippen LogP contribution in [0.15, 0.2) is 53.6 Å². The number of carbonyl (C=O) groups is 1. The van der Waals surface area contributed by atoms with Crippen LogP contribution >= 0.6 is 0 Å². The second-order valence-electron chi connectivity index (χ2n) is 9.08. The number of hydrogen-bond acceptors (Lipinski definition) is 5. The summed E-state index contributed by atoms with van der Waals surface area (Å²) in [6.45, 7) is 5.53. The van der Waals surface area contributed by atoms with Gasteiger partial charge in [-0.1, -0.05) is 12.1 Å². The maximum absolute atomic E-state index is 13.6. The lowest BCUT2D eigenvalue weighted by atomic mass is 10.0. The lowest BCUT2D eigenvalue weighted by molar-refractivity contribution is -0.138. The number of fused-ring (bicyclic) bond motifs is 1. The summed E-state index contributed by atoms with van der Waals surface area (Å²) in [6.07, 6.45) is -0.504. The fraction of sp³-hybridized carbons (Fsp3) is 0.370. The minimum absolute atomic E-state index is 0.0149. The normalized spacial score (nSPS) is 16.1. The van der Waals surface area contributed by atoms with Crippen molar-refractivity contribution in [3.05, 3.63) is 70.3 Å². The average Bonchev–Trinajstić information content (AvgIpc) is 2.82. The summed E-state index contributed by atoms with van der Waals surface area (Å²) < 4.78 is 57.8. The zero-order valence-corrected chi connectivity index (χ0v) is 20.1. The first-order valence-corrected chi connectivity index (χ1v) is 11.7. The molecule has 2 aromatic rings. The molecule has 36 heavy (non-hydrogen) atoms. The Morgan fingerprint density at radius 2 is 1.94 bits per heavy atom. The fourth-order valence-electron chi connectivity index (χ4n) is 4.16. The lowest BCUT2D eigenvalue weighted by Crippen LogP contribution is -2.33. The SMILES string of the molecule is CC(C)Oc1ccc(COc2ccc3c(c2)OCC(CN2CC=C(C(=O)O)CC2)=C3)c(C(F)(F)F)c1. The van der Waals surface area contributed by atoms with Crippen LogP contribution in [0, 0.1) is 0 Å². The molecule has 0 fully saturated rings. The van der Waals surface area contributed by atoms with Crippen molar-refractivity contribution in [3.8, 4) is 17.2 Å². The van der Waals surface area contributed by atoms with Crippen molar-refractivity contribution in [3.63, 3.8) is 0 Å². The zero-order chi connectivity index (χ0) is 25.9. The molecule has 0 saturated heterocycles. The van der Waals surface area contributed by atoms with Gasteiger partial charge in [0.2, 0.25) is 0 Å². The molecule has 0 spiro atoms. The van der Waals surface area contributed by atoms with Crippen molar-refractivity contribution < 1.29 is 37.3 Å². The van der Waals surface area contributed by atoms with Gasteiger partial charge in [-0.2, -0.15) is 13.2 Å². The third kappa shape index (κ3) is 6.40. The smallest absolute Gasteiger partial charge is 0.416 e. The summed E-state index contributed by atoms with van der Waals surface area (Å²) in [5, 5.41) is 9.09. The van der Waals surface area contributed by atoms with E-state index in [2.05, 4.69) is 4.90 Å². The molecule has 0 aliphatic carbocycles. The summed E-state index contributed by atoms with van der Waals surface area (Å²) in [7, 11) is 0. The average molecular weight is 504 g/mol. The molecular formula is C27H28F3NO5. The molecule has 6 nitrogen and oxygen atoms in total. The number of ether oxygens (including phenoxy) is 3. The van der Waals surface area contributed by atoms with Crippen LogP contribution in [0.3, 0.4) is 0 Å². The first kappa shape index (κ1) is 25.6. The van der Waals surface area contributed by atoms with E-state index in [9.17, 15) is 18.0 Å². The highest BCUT2D eigenvalue weighted by atomic mass is 19.4. The fourth-order valence-corrected chi connectivity index (χ4v) is 4.16. The van der Waals surface area contributed by atoms with Crippen LogP contribution in [0.2, 0.25) is 0 Å². The minimum Gasteiger partial charge on any atom is -0.491 e. The van der Waals surface area contributed by atoms with Gasteiger partial charge in [0.1, 0.15) is 30.5 Å². The number of carboxylic acid groups (broad SMARTS) is 1. The summed E-state index contributed by atoms with van der Waals surface area (Å²) in [5.74, 6) is 0.297. The second-order valence-corrected chi connectivity index (χ2v) is 9.08. The van der Waals surface area contributed by atoms with Crippen LogP contribution in [0.5, 0.6) is 17.2 Å². The summed E-state index contributed by atoms with van der Waals surface area (Å²) in [5.41, 5.74) is 1.59. The third-order valence-electron chi connectivity index (χ3n) is 5.91. The predicted octanol–water partition coefficient (Wildman–Crippen LogP) is 5.56. The Balaban J connectivity index is 1.41. The van der Waals surface area contributed by atoms with Crippen molar-refractivity contribution in [1.29, 1.82) is 0 Å². The number of nitrogens with zero attached hydrogens (tertiary/aromatic N) is 1. The van der Waals surface area contributed by atoms with Crippen LogP contribution in [-0.2, 0) is 17.6 Å². The van der Waals surface area contributed by atoms with Gasteiger partial charge in [-0.3, -0.25) is 4.90 Å². The Bertz CT molecular complexity index is 1190. The van der Waals surface area contributed by atoms with E-state index in [0.717, 1.165) is 17.2 Å². The molecule has 0 bridgehead atoms. The Morgan fingerprint density at radius 3 is 2.61 bits per heavy atom. The van der Waals surface area contributed by atoms with E-state index in [0.29, 0.717) is 49.7 Å². The molecule has 2 aliphatic heterocycles. The summed E-state index contributed by atoms with van der Waals surface area (Å²) in [4.78, 5) is 13.2. The molecule has 0 radical (unpaired) electrons. The van der Waals surface area contributed by atoms with Crippen molar-refractivity contribution >= 4 is 12.0 Å². The van der Waals surface area contributed by atoms with Gasteiger partial charge in [0, 0.05) is 42.4 Å². The van der Waals surface area contributed by atoms with Gasteiger partial charge in [-0.05, 0) is 56.2 Å². The van der Waals surface area contributed by atoms with Gasteiger partial charge >= 0.3 is 12.1 Å². The van der Waals surface area contributed by atoms with E-state index in [-0.39, 0.29) is 24.0 Å². The number of rotatable bonds is 8. The number of hydrogen-bond donors (Lipinski definition) is 1. The van der Waals surface area contributed by atoms with Gasteiger partial charge in [0.25, 0.3) is 0 Å². The lowest BCUT2D eigenvalue weighted by Gasteiger charge is -2.28. The number of aliphatic carboxylic acids is 1. The van der Waals surface area contributed by atoms with Gasteiger partial charge in [0.15, 0.2) is 0 Å². The van der Waals surface area contributed by atoms with Crippen LogP contribution in [0.25, 0.3) is 6.08 Å². The molecule has 0 unspecified atom stereocenters. The number of alkyl halides is 3. The van der Waals surface area contributed by atoms with E-state index in [1.54, 1.807) is 32.1 Å². The molecule has 2 aliphatic rings. The Labute approximate surface area is 207 Å². The Kier molecular flexibility index (Phi) is 7.59. The van der Waals surface area contributed by atoms with Crippen molar-refractivity contribution in [2.75, 3.05) is 26.2 Å². The zero-order valence-electron chi connectivity index (χ0n) is 20.1. The quantitative estimate of drug-likeness (QED) is 0.509. The van der Waals surface area contributed by atoms with Gasteiger partial charge < -0.3 is 19.3 Å². The summed E-state index contributed by atoms with van der Waals surface area (Å²) in [6, 6.07) is 9.08. The highest BCUT2D eigenvalue weighted by molar-refractivity contribution is 5.86. The summed E-state index contributed by atoms with van der Waals surface area (Å²) >= 11 is 0. The van der Waals surface area contributed by atoms with Crippen LogP contribution in [-0.4, -0.2) is 48.3 Å². The van der Waals surface area contributed by atoms with Gasteiger partial charge in [-0.15, -0.1) is 0 Å². The van der Waals surface area contributed by atoms with Crippen molar-refractivity contribution in [2.45, 2.75) is 39.2 Å². The third-order valence-corrected chi connectivity index (χ3v) is 5.91. The van der Waals surface area contributed by atoms with E-state index in [1.807, 2.05) is 12.1 Å². The van der Waals surface area contributed by atoms with E-state index >= 15 is 0 Å². The molecule has 0 saturated carbocycles. The van der Waals surface area contributed by atoms with Crippen molar-refractivity contribution in [2.24, 2.45) is 0 Å². The highest BCUT2D eigenvalue weighted by Gasteiger charge is 2.34.